The van der Waals surface area contributed by atoms with Crippen LogP contribution in [0.1, 0.15) is 43.7 Å². The molecular formula is C16H23N. The largest absolute Gasteiger partial charge is 0.310 e. The molecule has 0 bridgehead atoms. The molecule has 1 aromatic rings. The van der Waals surface area contributed by atoms with Gasteiger partial charge in [-0.15, -0.1) is 0 Å². The molecule has 1 aliphatic carbocycles. The molecule has 2 atom stereocenters. The number of benzene rings is 1. The van der Waals surface area contributed by atoms with Crippen molar-refractivity contribution in [3.8, 4) is 0 Å². The first kappa shape index (κ1) is 12.4. The van der Waals surface area contributed by atoms with Crippen molar-refractivity contribution in [3.63, 3.8) is 0 Å². The summed E-state index contributed by atoms with van der Waals surface area (Å²) < 4.78 is 0. The van der Waals surface area contributed by atoms with Crippen molar-refractivity contribution >= 4 is 0 Å². The average Bonchev–Trinajstić information content (AvgIpc) is 2.73. The van der Waals surface area contributed by atoms with Crippen molar-refractivity contribution in [1.29, 1.82) is 0 Å². The molecule has 0 spiro atoms. The van der Waals surface area contributed by atoms with Crippen LogP contribution in [0.2, 0.25) is 0 Å². The molecule has 1 heteroatoms. The van der Waals surface area contributed by atoms with Crippen LogP contribution in [0.25, 0.3) is 0 Å². The zero-order chi connectivity index (χ0) is 12.3. The second-order valence-corrected chi connectivity index (χ2v) is 5.12. The highest BCUT2D eigenvalue weighted by Crippen LogP contribution is 2.37. The van der Waals surface area contributed by atoms with Gasteiger partial charge in [0, 0.05) is 12.0 Å². The Labute approximate surface area is 105 Å². The second kappa shape index (κ2) is 5.50. The fraction of sp³-hybridized carbons (Fsp3) is 0.500. The number of fused-ring (bicyclic) bond motifs is 1. The van der Waals surface area contributed by atoms with E-state index in [1.165, 1.54) is 36.0 Å². The molecule has 0 aliphatic heterocycles. The molecule has 1 aromatic carbocycles. The molecule has 1 nitrogen and oxygen atoms in total. The molecule has 0 fully saturated rings. The van der Waals surface area contributed by atoms with E-state index in [1.807, 2.05) is 0 Å². The van der Waals surface area contributed by atoms with Gasteiger partial charge in [0.1, 0.15) is 0 Å². The predicted molar refractivity (Wildman–Crippen MR) is 74.4 cm³/mol. The quantitative estimate of drug-likeness (QED) is 0.760. The first-order valence-electron chi connectivity index (χ1n) is 6.70. The zero-order valence-electron chi connectivity index (χ0n) is 11.0. The standard InChI is InChI=1S/C16H23N/c1-4-11-17-16(12(2)3)15-10-9-13-7-5-6-8-14(13)15/h5-8,15-17H,2,4,9-11H2,1,3H3. The van der Waals surface area contributed by atoms with E-state index in [9.17, 15) is 0 Å². The van der Waals surface area contributed by atoms with Crippen LogP contribution in [-0.2, 0) is 6.42 Å². The van der Waals surface area contributed by atoms with Gasteiger partial charge in [0.05, 0.1) is 0 Å². The van der Waals surface area contributed by atoms with E-state index in [0.29, 0.717) is 12.0 Å². The Morgan fingerprint density at radius 1 is 1.47 bits per heavy atom. The highest BCUT2D eigenvalue weighted by atomic mass is 14.9. The summed E-state index contributed by atoms with van der Waals surface area (Å²) in [7, 11) is 0. The Morgan fingerprint density at radius 2 is 2.24 bits per heavy atom. The van der Waals surface area contributed by atoms with Crippen LogP contribution < -0.4 is 5.32 Å². The van der Waals surface area contributed by atoms with Crippen molar-refractivity contribution in [2.75, 3.05) is 6.54 Å². The summed E-state index contributed by atoms with van der Waals surface area (Å²) in [5, 5.41) is 3.65. The second-order valence-electron chi connectivity index (χ2n) is 5.12. The summed E-state index contributed by atoms with van der Waals surface area (Å²) in [6, 6.07) is 9.31. The number of hydrogen-bond donors (Lipinski definition) is 1. The summed E-state index contributed by atoms with van der Waals surface area (Å²) in [6.07, 6.45) is 3.66. The number of rotatable bonds is 5. The van der Waals surface area contributed by atoms with Crippen LogP contribution in [0.4, 0.5) is 0 Å². The smallest absolute Gasteiger partial charge is 0.0343 e. The van der Waals surface area contributed by atoms with Crippen LogP contribution in [0.5, 0.6) is 0 Å². The number of aryl methyl sites for hydroxylation is 1. The fourth-order valence-electron chi connectivity index (χ4n) is 2.90. The van der Waals surface area contributed by atoms with E-state index in [-0.39, 0.29) is 0 Å². The van der Waals surface area contributed by atoms with Gasteiger partial charge in [0.15, 0.2) is 0 Å². The predicted octanol–water partition coefficient (Wildman–Crippen LogP) is 3.66. The summed E-state index contributed by atoms with van der Waals surface area (Å²) in [4.78, 5) is 0. The van der Waals surface area contributed by atoms with E-state index in [2.05, 4.69) is 50.0 Å². The Kier molecular flexibility index (Phi) is 4.01. The minimum Gasteiger partial charge on any atom is -0.310 e. The maximum absolute atomic E-state index is 4.16. The van der Waals surface area contributed by atoms with Crippen LogP contribution in [0.3, 0.4) is 0 Å². The lowest BCUT2D eigenvalue weighted by Gasteiger charge is -2.26. The maximum Gasteiger partial charge on any atom is 0.0343 e. The van der Waals surface area contributed by atoms with Crippen LogP contribution in [0, 0.1) is 0 Å². The molecule has 0 aromatic heterocycles. The summed E-state index contributed by atoms with van der Waals surface area (Å²) in [5.74, 6) is 0.621. The van der Waals surface area contributed by atoms with E-state index in [1.54, 1.807) is 0 Å². The van der Waals surface area contributed by atoms with E-state index >= 15 is 0 Å². The minimum atomic E-state index is 0.443. The summed E-state index contributed by atoms with van der Waals surface area (Å²) >= 11 is 0. The topological polar surface area (TPSA) is 12.0 Å². The summed E-state index contributed by atoms with van der Waals surface area (Å²) in [5.41, 5.74) is 4.33. The number of nitrogens with one attached hydrogen (secondary N) is 1. The molecule has 0 amide bonds. The Morgan fingerprint density at radius 3 is 2.94 bits per heavy atom. The van der Waals surface area contributed by atoms with Gasteiger partial charge in [-0.2, -0.15) is 0 Å². The normalized spacial score (nSPS) is 20.0. The van der Waals surface area contributed by atoms with Gasteiger partial charge in [0.25, 0.3) is 0 Å². The molecule has 0 saturated carbocycles. The molecular weight excluding hydrogens is 206 g/mol. The Hall–Kier alpha value is -1.08. The van der Waals surface area contributed by atoms with Crippen LogP contribution in [0.15, 0.2) is 36.4 Å². The van der Waals surface area contributed by atoms with Gasteiger partial charge in [0.2, 0.25) is 0 Å². The molecule has 92 valence electrons. The maximum atomic E-state index is 4.16. The lowest BCUT2D eigenvalue weighted by atomic mass is 9.89. The van der Waals surface area contributed by atoms with Crippen LogP contribution >= 0.6 is 0 Å². The van der Waals surface area contributed by atoms with E-state index < -0.39 is 0 Å². The third-order valence-corrected chi connectivity index (χ3v) is 3.73. The molecule has 0 radical (unpaired) electrons. The van der Waals surface area contributed by atoms with Gasteiger partial charge in [-0.1, -0.05) is 43.3 Å². The Bertz CT molecular complexity index is 394. The first-order chi connectivity index (χ1) is 8.24. The van der Waals surface area contributed by atoms with Gasteiger partial charge >= 0.3 is 0 Å². The van der Waals surface area contributed by atoms with Gasteiger partial charge < -0.3 is 5.32 Å². The Balaban J connectivity index is 2.18. The van der Waals surface area contributed by atoms with Crippen molar-refractivity contribution in [2.24, 2.45) is 0 Å². The van der Waals surface area contributed by atoms with Gasteiger partial charge in [-0.25, -0.2) is 0 Å². The third kappa shape index (κ3) is 2.61. The van der Waals surface area contributed by atoms with Crippen molar-refractivity contribution < 1.29 is 0 Å². The van der Waals surface area contributed by atoms with Crippen molar-refractivity contribution in [3.05, 3.63) is 47.5 Å². The minimum absolute atomic E-state index is 0.443. The molecule has 0 saturated heterocycles. The molecule has 2 rings (SSSR count). The SMILES string of the molecule is C=C(C)C(NCCC)C1CCc2ccccc21. The van der Waals surface area contributed by atoms with Crippen molar-refractivity contribution in [2.45, 2.75) is 45.1 Å². The van der Waals surface area contributed by atoms with Crippen LogP contribution in [-0.4, -0.2) is 12.6 Å². The van der Waals surface area contributed by atoms with Gasteiger partial charge in [-0.3, -0.25) is 0 Å². The third-order valence-electron chi connectivity index (χ3n) is 3.73. The lowest BCUT2D eigenvalue weighted by Crippen LogP contribution is -2.35. The van der Waals surface area contributed by atoms with Gasteiger partial charge in [-0.05, 0) is 43.9 Å². The molecule has 17 heavy (non-hydrogen) atoms. The molecule has 0 heterocycles. The highest BCUT2D eigenvalue weighted by molar-refractivity contribution is 5.37. The fourth-order valence-corrected chi connectivity index (χ4v) is 2.90. The lowest BCUT2D eigenvalue weighted by molar-refractivity contribution is 0.476. The summed E-state index contributed by atoms with van der Waals surface area (Å²) in [6.45, 7) is 9.60. The highest BCUT2D eigenvalue weighted by Gasteiger charge is 2.29. The molecule has 1 aliphatic rings. The average molecular weight is 229 g/mol. The molecule has 2 unspecified atom stereocenters. The molecule has 1 N–H and O–H groups in total. The van der Waals surface area contributed by atoms with Crippen molar-refractivity contribution in [1.82, 2.24) is 5.32 Å². The zero-order valence-corrected chi connectivity index (χ0v) is 11.0. The first-order valence-corrected chi connectivity index (χ1v) is 6.70. The van der Waals surface area contributed by atoms with E-state index in [0.717, 1.165) is 6.54 Å². The van der Waals surface area contributed by atoms with E-state index in [4.69, 9.17) is 0 Å². The monoisotopic (exact) mass is 229 g/mol. The number of hydrogen-bond acceptors (Lipinski definition) is 1.